The van der Waals surface area contributed by atoms with E-state index in [4.69, 9.17) is 33.2 Å². The fraction of sp³-hybridized carbons (Fsp3) is 0.412. The van der Waals surface area contributed by atoms with Gasteiger partial charge in [0.15, 0.2) is 5.82 Å². The molecule has 1 fully saturated rings. The maximum atomic E-state index is 6.14. The third-order valence-electron chi connectivity index (χ3n) is 3.78. The summed E-state index contributed by atoms with van der Waals surface area (Å²) in [5.74, 6) is 4.30. The predicted octanol–water partition coefficient (Wildman–Crippen LogP) is 5.13. The summed E-state index contributed by atoms with van der Waals surface area (Å²) < 4.78 is 0. The quantitative estimate of drug-likeness (QED) is 0.751. The van der Waals surface area contributed by atoms with Gasteiger partial charge in [0.05, 0.1) is 0 Å². The number of rotatable bonds is 3. The van der Waals surface area contributed by atoms with Crippen LogP contribution in [0, 0.1) is 0 Å². The lowest BCUT2D eigenvalue weighted by Gasteiger charge is -2.28. The van der Waals surface area contributed by atoms with Crippen LogP contribution in [0.1, 0.15) is 25.5 Å². The number of hydrogen-bond acceptors (Lipinski definition) is 4. The average molecular weight is 368 g/mol. The lowest BCUT2D eigenvalue weighted by Crippen LogP contribution is -2.33. The van der Waals surface area contributed by atoms with Gasteiger partial charge in [-0.2, -0.15) is 11.8 Å². The van der Waals surface area contributed by atoms with Crippen molar-refractivity contribution < 1.29 is 0 Å². The van der Waals surface area contributed by atoms with E-state index in [9.17, 15) is 0 Å². The average Bonchev–Trinajstić information content (AvgIpc) is 2.54. The number of hydrogen-bond donors (Lipinski definition) is 0. The second kappa shape index (κ2) is 7.29. The monoisotopic (exact) mass is 367 g/mol. The van der Waals surface area contributed by atoms with Crippen molar-refractivity contribution in [2.45, 2.75) is 19.8 Å². The molecule has 2 aromatic rings. The molecule has 1 aliphatic rings. The molecule has 3 rings (SSSR count). The Kier molecular flexibility index (Phi) is 5.34. The van der Waals surface area contributed by atoms with Crippen LogP contribution in [0.25, 0.3) is 11.4 Å². The van der Waals surface area contributed by atoms with Crippen molar-refractivity contribution in [3.8, 4) is 11.4 Å². The summed E-state index contributed by atoms with van der Waals surface area (Å²) in [6.07, 6.45) is 0. The summed E-state index contributed by atoms with van der Waals surface area (Å²) >= 11 is 14.3. The van der Waals surface area contributed by atoms with Crippen LogP contribution in [0.4, 0.5) is 5.82 Å². The highest BCUT2D eigenvalue weighted by atomic mass is 35.5. The Labute approximate surface area is 151 Å². The third-order valence-corrected chi connectivity index (χ3v) is 5.16. The molecule has 3 nitrogen and oxygen atoms in total. The van der Waals surface area contributed by atoms with E-state index in [1.165, 1.54) is 0 Å². The van der Waals surface area contributed by atoms with Crippen LogP contribution >= 0.6 is 35.0 Å². The first-order chi connectivity index (χ1) is 11.0. The topological polar surface area (TPSA) is 29.0 Å². The van der Waals surface area contributed by atoms with Crippen LogP contribution in [0.2, 0.25) is 10.0 Å². The van der Waals surface area contributed by atoms with Crippen molar-refractivity contribution in [3.05, 3.63) is 40.0 Å². The molecular weight excluding hydrogens is 349 g/mol. The van der Waals surface area contributed by atoms with Crippen LogP contribution in [0.5, 0.6) is 0 Å². The Balaban J connectivity index is 2.06. The van der Waals surface area contributed by atoms with E-state index < -0.39 is 0 Å². The van der Waals surface area contributed by atoms with E-state index in [1.54, 1.807) is 6.07 Å². The molecule has 0 saturated carbocycles. The van der Waals surface area contributed by atoms with Gasteiger partial charge in [0.25, 0.3) is 0 Å². The van der Waals surface area contributed by atoms with Gasteiger partial charge < -0.3 is 4.90 Å². The Morgan fingerprint density at radius 2 is 1.65 bits per heavy atom. The van der Waals surface area contributed by atoms with Gasteiger partial charge in [0.2, 0.25) is 0 Å². The van der Waals surface area contributed by atoms with Crippen molar-refractivity contribution in [2.75, 3.05) is 29.5 Å². The zero-order valence-corrected chi connectivity index (χ0v) is 15.5. The van der Waals surface area contributed by atoms with Gasteiger partial charge >= 0.3 is 0 Å². The number of thioether (sulfide) groups is 1. The Morgan fingerprint density at radius 1 is 1.00 bits per heavy atom. The molecule has 23 heavy (non-hydrogen) atoms. The smallest absolute Gasteiger partial charge is 0.161 e. The third kappa shape index (κ3) is 4.11. The van der Waals surface area contributed by atoms with Gasteiger partial charge in [-0.3, -0.25) is 0 Å². The van der Waals surface area contributed by atoms with Crippen LogP contribution in [0.15, 0.2) is 24.3 Å². The van der Waals surface area contributed by atoms with Gasteiger partial charge in [-0.15, -0.1) is 0 Å². The zero-order chi connectivity index (χ0) is 16.4. The van der Waals surface area contributed by atoms with Gasteiger partial charge in [0.1, 0.15) is 5.82 Å². The van der Waals surface area contributed by atoms with Crippen molar-refractivity contribution in [1.82, 2.24) is 9.97 Å². The minimum atomic E-state index is 0.337. The molecule has 0 aliphatic carbocycles. The molecular formula is C17H19Cl2N3S. The largest absolute Gasteiger partial charge is 0.355 e. The maximum absolute atomic E-state index is 6.14. The predicted molar refractivity (Wildman–Crippen MR) is 101 cm³/mol. The number of benzene rings is 1. The van der Waals surface area contributed by atoms with E-state index in [-0.39, 0.29) is 0 Å². The van der Waals surface area contributed by atoms with Crippen molar-refractivity contribution >= 4 is 40.8 Å². The zero-order valence-electron chi connectivity index (χ0n) is 13.2. The van der Waals surface area contributed by atoms with Crippen LogP contribution in [-0.4, -0.2) is 34.6 Å². The molecule has 2 heterocycles. The minimum Gasteiger partial charge on any atom is -0.355 e. The van der Waals surface area contributed by atoms with Gasteiger partial charge in [-0.1, -0.05) is 37.0 Å². The molecule has 0 bridgehead atoms. The second-order valence-electron chi connectivity index (χ2n) is 5.89. The normalized spacial score (nSPS) is 15.3. The molecule has 122 valence electrons. The minimum absolute atomic E-state index is 0.337. The van der Waals surface area contributed by atoms with E-state index in [1.807, 2.05) is 23.9 Å². The summed E-state index contributed by atoms with van der Waals surface area (Å²) in [6.45, 7) is 6.34. The number of anilines is 1. The van der Waals surface area contributed by atoms with Gasteiger partial charge in [0, 0.05) is 52.0 Å². The molecule has 1 aromatic carbocycles. The maximum Gasteiger partial charge on any atom is 0.161 e. The Morgan fingerprint density at radius 3 is 2.26 bits per heavy atom. The van der Waals surface area contributed by atoms with Crippen LogP contribution in [0.3, 0.4) is 0 Å². The van der Waals surface area contributed by atoms with Crippen molar-refractivity contribution in [3.63, 3.8) is 0 Å². The number of aromatic nitrogens is 2. The molecule has 0 amide bonds. The summed E-state index contributed by atoms with van der Waals surface area (Å²) in [6, 6.07) is 7.56. The fourth-order valence-corrected chi connectivity index (χ4v) is 3.94. The molecule has 0 atom stereocenters. The fourth-order valence-electron chi connectivity index (χ4n) is 2.51. The summed E-state index contributed by atoms with van der Waals surface area (Å²) in [7, 11) is 0. The molecule has 1 saturated heterocycles. The van der Waals surface area contributed by atoms with E-state index in [2.05, 4.69) is 24.8 Å². The standard InChI is InChI=1S/C17H19Cl2N3S/c1-11(2)15-10-16(22-3-5-23-6-4-22)21-17(20-15)12-7-13(18)9-14(19)8-12/h7-11H,3-6H2,1-2H3. The van der Waals surface area contributed by atoms with E-state index >= 15 is 0 Å². The van der Waals surface area contributed by atoms with Gasteiger partial charge in [-0.05, 0) is 24.1 Å². The molecule has 1 aromatic heterocycles. The molecule has 0 unspecified atom stereocenters. The first-order valence-electron chi connectivity index (χ1n) is 7.71. The van der Waals surface area contributed by atoms with Crippen LogP contribution in [-0.2, 0) is 0 Å². The second-order valence-corrected chi connectivity index (χ2v) is 7.98. The van der Waals surface area contributed by atoms with Crippen LogP contribution < -0.4 is 4.90 Å². The highest BCUT2D eigenvalue weighted by molar-refractivity contribution is 7.99. The molecule has 0 N–H and O–H groups in total. The molecule has 0 radical (unpaired) electrons. The first-order valence-corrected chi connectivity index (χ1v) is 9.62. The summed E-state index contributed by atoms with van der Waals surface area (Å²) in [5.41, 5.74) is 1.90. The number of halogens is 2. The number of nitrogens with zero attached hydrogens (tertiary/aromatic N) is 3. The highest BCUT2D eigenvalue weighted by Gasteiger charge is 2.17. The van der Waals surface area contributed by atoms with Gasteiger partial charge in [-0.25, -0.2) is 9.97 Å². The molecule has 6 heteroatoms. The first kappa shape index (κ1) is 16.9. The summed E-state index contributed by atoms with van der Waals surface area (Å²) in [4.78, 5) is 11.8. The Hall–Kier alpha value is -0.970. The molecule has 0 spiro atoms. The highest BCUT2D eigenvalue weighted by Crippen LogP contribution is 2.29. The lowest BCUT2D eigenvalue weighted by molar-refractivity contribution is 0.794. The van der Waals surface area contributed by atoms with Crippen molar-refractivity contribution in [1.29, 1.82) is 0 Å². The Bertz CT molecular complexity index is 680. The van der Waals surface area contributed by atoms with E-state index in [0.717, 1.165) is 41.7 Å². The van der Waals surface area contributed by atoms with E-state index in [0.29, 0.717) is 21.8 Å². The summed E-state index contributed by atoms with van der Waals surface area (Å²) in [5, 5.41) is 1.20. The lowest BCUT2D eigenvalue weighted by atomic mass is 10.1. The van der Waals surface area contributed by atoms with Crippen molar-refractivity contribution in [2.24, 2.45) is 0 Å². The molecule has 1 aliphatic heterocycles. The SMILES string of the molecule is CC(C)c1cc(N2CCSCC2)nc(-c2cc(Cl)cc(Cl)c2)n1.